The van der Waals surface area contributed by atoms with E-state index in [9.17, 15) is 10.1 Å². The van der Waals surface area contributed by atoms with Crippen LogP contribution in [0.15, 0.2) is 22.7 Å². The first-order chi connectivity index (χ1) is 6.15. The predicted molar refractivity (Wildman–Crippen MR) is 54.6 cm³/mol. The number of anilines is 1. The molecule has 0 spiro atoms. The van der Waals surface area contributed by atoms with Crippen LogP contribution in [0.25, 0.3) is 0 Å². The van der Waals surface area contributed by atoms with Crippen LogP contribution in [0.5, 0.6) is 0 Å². The average molecular weight is 244 g/mol. The third kappa shape index (κ3) is 2.42. The van der Waals surface area contributed by atoms with Crippen molar-refractivity contribution in [3.63, 3.8) is 0 Å². The summed E-state index contributed by atoms with van der Waals surface area (Å²) < 4.78 is 0.468. The minimum atomic E-state index is -0.432. The second-order valence-corrected chi connectivity index (χ2v) is 3.20. The summed E-state index contributed by atoms with van der Waals surface area (Å²) in [5.74, 6) is 0. The Bertz CT molecular complexity index is 328. The smallest absolute Gasteiger partial charge is 0.283 e. The highest BCUT2D eigenvalue weighted by Crippen LogP contribution is 2.27. The molecule has 13 heavy (non-hydrogen) atoms. The first-order valence-corrected chi connectivity index (χ1v) is 4.41. The van der Waals surface area contributed by atoms with Crippen LogP contribution in [0.1, 0.15) is 0 Å². The molecular formula is C8H8BrN2O2. The summed E-state index contributed by atoms with van der Waals surface area (Å²) in [5.41, 5.74) is 0.877. The Hall–Kier alpha value is -1.10. The van der Waals surface area contributed by atoms with Gasteiger partial charge >= 0.3 is 0 Å². The van der Waals surface area contributed by atoms with Crippen LogP contribution in [-0.4, -0.2) is 11.5 Å². The zero-order valence-corrected chi connectivity index (χ0v) is 8.37. The summed E-state index contributed by atoms with van der Waals surface area (Å²) in [6.07, 6.45) is 0. The van der Waals surface area contributed by atoms with Crippen LogP contribution in [0.3, 0.4) is 0 Å². The maximum atomic E-state index is 10.4. The highest BCUT2D eigenvalue weighted by Gasteiger charge is 2.10. The zero-order chi connectivity index (χ0) is 9.84. The molecule has 1 radical (unpaired) electrons. The first kappa shape index (κ1) is 9.98. The van der Waals surface area contributed by atoms with Gasteiger partial charge in [0.1, 0.15) is 0 Å². The largest absolute Gasteiger partial charge is 0.385 e. The Morgan fingerprint density at radius 2 is 2.31 bits per heavy atom. The van der Waals surface area contributed by atoms with E-state index in [2.05, 4.69) is 28.2 Å². The SMILES string of the molecule is [CH2]CNc1ccc([N+](=O)[O-])c(Br)c1. The number of rotatable bonds is 3. The fourth-order valence-corrected chi connectivity index (χ4v) is 1.43. The van der Waals surface area contributed by atoms with Gasteiger partial charge in [-0.3, -0.25) is 10.1 Å². The van der Waals surface area contributed by atoms with Crippen molar-refractivity contribution in [1.29, 1.82) is 0 Å². The van der Waals surface area contributed by atoms with Crippen molar-refractivity contribution in [1.82, 2.24) is 0 Å². The van der Waals surface area contributed by atoms with E-state index in [0.29, 0.717) is 11.0 Å². The number of nitro groups is 1. The highest BCUT2D eigenvalue weighted by molar-refractivity contribution is 9.10. The van der Waals surface area contributed by atoms with Crippen molar-refractivity contribution in [2.24, 2.45) is 0 Å². The summed E-state index contributed by atoms with van der Waals surface area (Å²) in [6, 6.07) is 4.75. The fourth-order valence-electron chi connectivity index (χ4n) is 0.909. The third-order valence-electron chi connectivity index (χ3n) is 1.47. The number of nitro benzene ring substituents is 1. The van der Waals surface area contributed by atoms with Crippen LogP contribution in [0.2, 0.25) is 0 Å². The van der Waals surface area contributed by atoms with E-state index in [1.165, 1.54) is 6.07 Å². The van der Waals surface area contributed by atoms with Gasteiger partial charge in [0.2, 0.25) is 0 Å². The molecule has 0 fully saturated rings. The van der Waals surface area contributed by atoms with Gasteiger partial charge in [-0.25, -0.2) is 0 Å². The average Bonchev–Trinajstić information content (AvgIpc) is 2.04. The third-order valence-corrected chi connectivity index (χ3v) is 2.11. The first-order valence-electron chi connectivity index (χ1n) is 3.62. The molecule has 0 saturated carbocycles. The number of nitrogens with one attached hydrogen (secondary N) is 1. The minimum absolute atomic E-state index is 0.0645. The normalized spacial score (nSPS) is 9.69. The minimum Gasteiger partial charge on any atom is -0.385 e. The van der Waals surface area contributed by atoms with Crippen molar-refractivity contribution < 1.29 is 4.92 Å². The molecule has 5 heteroatoms. The standard InChI is InChI=1S/C8H8BrN2O2/c1-2-10-6-3-4-8(11(12)13)7(9)5-6/h3-5,10H,1-2H2. The monoisotopic (exact) mass is 243 g/mol. The van der Waals surface area contributed by atoms with Crippen LogP contribution in [-0.2, 0) is 0 Å². The molecule has 1 N–H and O–H groups in total. The van der Waals surface area contributed by atoms with E-state index in [1.807, 2.05) is 0 Å². The van der Waals surface area contributed by atoms with Crippen molar-refractivity contribution in [2.75, 3.05) is 11.9 Å². The van der Waals surface area contributed by atoms with Crippen LogP contribution >= 0.6 is 15.9 Å². The molecule has 1 aromatic rings. The lowest BCUT2D eigenvalue weighted by Gasteiger charge is -2.02. The topological polar surface area (TPSA) is 55.2 Å². The van der Waals surface area contributed by atoms with Crippen molar-refractivity contribution in [3.8, 4) is 0 Å². The summed E-state index contributed by atoms with van der Waals surface area (Å²) in [6.45, 7) is 4.15. The maximum absolute atomic E-state index is 10.4. The summed E-state index contributed by atoms with van der Waals surface area (Å²) in [4.78, 5) is 10.0. The fraction of sp³-hybridized carbons (Fsp3) is 0.125. The Balaban J connectivity index is 2.98. The summed E-state index contributed by atoms with van der Waals surface area (Å²) >= 11 is 3.12. The van der Waals surface area contributed by atoms with Crippen molar-refractivity contribution in [3.05, 3.63) is 39.7 Å². The van der Waals surface area contributed by atoms with E-state index in [0.717, 1.165) is 5.69 Å². The molecule has 0 aliphatic carbocycles. The second kappa shape index (κ2) is 4.23. The number of halogens is 1. The van der Waals surface area contributed by atoms with Crippen molar-refractivity contribution in [2.45, 2.75) is 0 Å². The van der Waals surface area contributed by atoms with Crippen LogP contribution < -0.4 is 5.32 Å². The number of hydrogen-bond acceptors (Lipinski definition) is 3. The van der Waals surface area contributed by atoms with Gasteiger partial charge in [-0.05, 0) is 35.0 Å². The van der Waals surface area contributed by atoms with Gasteiger partial charge in [0, 0.05) is 18.3 Å². The Morgan fingerprint density at radius 1 is 1.62 bits per heavy atom. The molecule has 0 aliphatic heterocycles. The quantitative estimate of drug-likeness (QED) is 0.656. The predicted octanol–water partition coefficient (Wildman–Crippen LogP) is 2.60. The Kier molecular flexibility index (Phi) is 3.25. The summed E-state index contributed by atoms with van der Waals surface area (Å²) in [5, 5.41) is 13.4. The van der Waals surface area contributed by atoms with E-state index < -0.39 is 4.92 Å². The Labute approximate surface area is 84.2 Å². The summed E-state index contributed by atoms with van der Waals surface area (Å²) in [7, 11) is 0. The number of benzene rings is 1. The second-order valence-electron chi connectivity index (χ2n) is 2.35. The van der Waals surface area contributed by atoms with Gasteiger partial charge < -0.3 is 5.32 Å². The van der Waals surface area contributed by atoms with Gasteiger partial charge in [0.15, 0.2) is 0 Å². The lowest BCUT2D eigenvalue weighted by molar-refractivity contribution is -0.385. The molecule has 0 saturated heterocycles. The maximum Gasteiger partial charge on any atom is 0.283 e. The molecule has 0 bridgehead atoms. The van der Waals surface area contributed by atoms with Gasteiger partial charge in [0.25, 0.3) is 5.69 Å². The molecule has 4 nitrogen and oxygen atoms in total. The molecule has 1 rings (SSSR count). The van der Waals surface area contributed by atoms with E-state index >= 15 is 0 Å². The molecule has 0 atom stereocenters. The van der Waals surface area contributed by atoms with Crippen LogP contribution in [0.4, 0.5) is 11.4 Å². The molecule has 69 valence electrons. The molecule has 0 heterocycles. The van der Waals surface area contributed by atoms with Gasteiger partial charge in [-0.1, -0.05) is 0 Å². The van der Waals surface area contributed by atoms with Gasteiger partial charge in [-0.2, -0.15) is 0 Å². The van der Waals surface area contributed by atoms with Crippen LogP contribution in [0, 0.1) is 17.0 Å². The van der Waals surface area contributed by atoms with E-state index in [-0.39, 0.29) is 5.69 Å². The molecule has 0 unspecified atom stereocenters. The van der Waals surface area contributed by atoms with Gasteiger partial charge in [0.05, 0.1) is 9.40 Å². The number of hydrogen-bond donors (Lipinski definition) is 1. The molecule has 1 aromatic carbocycles. The zero-order valence-electron chi connectivity index (χ0n) is 6.79. The molecule has 0 amide bonds. The molecule has 0 aromatic heterocycles. The Morgan fingerprint density at radius 3 is 2.77 bits per heavy atom. The molecular weight excluding hydrogens is 236 g/mol. The lowest BCUT2D eigenvalue weighted by Crippen LogP contribution is -1.97. The van der Waals surface area contributed by atoms with E-state index in [4.69, 9.17) is 0 Å². The highest BCUT2D eigenvalue weighted by atomic mass is 79.9. The lowest BCUT2D eigenvalue weighted by atomic mass is 10.3. The van der Waals surface area contributed by atoms with Gasteiger partial charge in [-0.15, -0.1) is 0 Å². The molecule has 0 aliphatic rings. The van der Waals surface area contributed by atoms with E-state index in [1.54, 1.807) is 12.1 Å². The van der Waals surface area contributed by atoms with Crippen molar-refractivity contribution >= 4 is 27.3 Å². The number of nitrogens with zero attached hydrogens (tertiary/aromatic N) is 1.